The molecule has 18 heteroatoms. The minimum absolute atomic E-state index is 0.00502. The molecule has 0 aromatic carbocycles. The smallest absolute Gasteiger partial charge is 0.311 e. The lowest BCUT2D eigenvalue weighted by Gasteiger charge is -2.48. The molecule has 3 fully saturated rings. The van der Waals surface area contributed by atoms with Crippen LogP contribution in [-0.4, -0.2) is 164 Å². The minimum Gasteiger partial charge on any atom is -0.459 e. The van der Waals surface area contributed by atoms with Crippen molar-refractivity contribution in [2.45, 2.75) is 185 Å². The number of quaternary nitrogens is 1. The molecule has 3 heterocycles. The Morgan fingerprint density at radius 2 is 1.56 bits per heavy atom. The van der Waals surface area contributed by atoms with Crippen molar-refractivity contribution in [2.24, 2.45) is 22.9 Å². The molecule has 20 atom stereocenters. The van der Waals surface area contributed by atoms with Crippen LogP contribution in [0.3, 0.4) is 0 Å². The summed E-state index contributed by atoms with van der Waals surface area (Å²) in [6.07, 6.45) is -13.6. The van der Waals surface area contributed by atoms with Crippen molar-refractivity contribution in [1.82, 2.24) is 0 Å². The second-order valence-corrected chi connectivity index (χ2v) is 16.9. The Morgan fingerprint density at radius 3 is 2.11 bits per heavy atom. The Balaban J connectivity index is 2.22. The highest BCUT2D eigenvalue weighted by atomic mass is 16.7. The number of cyclic esters (lactones) is 1. The van der Waals surface area contributed by atoms with Crippen LogP contribution in [-0.2, 0) is 33.2 Å². The Bertz CT molecular complexity index is 1300. The number of azide groups is 1. The van der Waals surface area contributed by atoms with Crippen molar-refractivity contribution in [3.63, 3.8) is 0 Å². The fraction of sp³-hybridized carbons (Fsp3) is 0.972. The van der Waals surface area contributed by atoms with Crippen LogP contribution >= 0.6 is 0 Å². The van der Waals surface area contributed by atoms with Crippen molar-refractivity contribution in [3.8, 4) is 0 Å². The molecule has 0 radical (unpaired) electrons. The van der Waals surface area contributed by atoms with Gasteiger partial charge in [0.2, 0.25) is 0 Å². The maximum atomic E-state index is 14.2. The van der Waals surface area contributed by atoms with E-state index in [9.17, 15) is 46.2 Å². The molecule has 7 N–H and O–H groups in total. The summed E-state index contributed by atoms with van der Waals surface area (Å²) in [4.78, 5) is 16.9. The van der Waals surface area contributed by atoms with Gasteiger partial charge in [0.15, 0.2) is 12.6 Å². The molecule has 0 bridgehead atoms. The Kier molecular flexibility index (Phi) is 15.4. The number of rotatable bonds is 7. The van der Waals surface area contributed by atoms with Crippen molar-refractivity contribution in [3.05, 3.63) is 10.4 Å². The maximum absolute atomic E-state index is 14.2. The molecule has 3 aliphatic heterocycles. The fourth-order valence-electron chi connectivity index (χ4n) is 8.61. The van der Waals surface area contributed by atoms with Gasteiger partial charge in [0.1, 0.15) is 42.6 Å². The van der Waals surface area contributed by atoms with Gasteiger partial charge in [0, 0.05) is 30.3 Å². The number of carbonyl (C=O) groups excluding carboxylic acids is 1. The van der Waals surface area contributed by atoms with E-state index in [-0.39, 0.29) is 25.8 Å². The first kappa shape index (κ1) is 46.6. The van der Waals surface area contributed by atoms with Gasteiger partial charge in [-0.15, -0.1) is 0 Å². The van der Waals surface area contributed by atoms with Crippen LogP contribution in [0.25, 0.3) is 10.4 Å². The van der Waals surface area contributed by atoms with E-state index in [0.717, 1.165) is 0 Å². The number of ether oxygens (including phenoxy) is 6. The van der Waals surface area contributed by atoms with Crippen LogP contribution in [0.5, 0.6) is 0 Å². The predicted molar refractivity (Wildman–Crippen MR) is 191 cm³/mol. The van der Waals surface area contributed by atoms with Crippen molar-refractivity contribution < 1.29 is 73.7 Å². The second-order valence-electron chi connectivity index (χ2n) is 16.9. The van der Waals surface area contributed by atoms with Gasteiger partial charge in [-0.3, -0.25) is 4.79 Å². The maximum Gasteiger partial charge on any atom is 0.311 e. The highest BCUT2D eigenvalue weighted by Gasteiger charge is 2.54. The molecule has 0 aromatic heterocycles. The Morgan fingerprint density at radius 1 is 0.944 bits per heavy atom. The molecule has 54 heavy (non-hydrogen) atoms. The van der Waals surface area contributed by atoms with Gasteiger partial charge in [-0.25, -0.2) is 5.21 Å². The third-order valence-corrected chi connectivity index (χ3v) is 12.2. The minimum atomic E-state index is -2.01. The highest BCUT2D eigenvalue weighted by Crippen LogP contribution is 2.40. The molecule has 314 valence electrons. The first-order valence-electron chi connectivity index (χ1n) is 19.0. The molecule has 3 aliphatic rings. The molecule has 0 spiro atoms. The number of methoxy groups -OCH3 is 1. The van der Waals surface area contributed by atoms with Gasteiger partial charge in [-0.2, -0.15) is 4.65 Å². The predicted octanol–water partition coefficient (Wildman–Crippen LogP) is 1.52. The number of hydroxylamine groups is 3. The summed E-state index contributed by atoms with van der Waals surface area (Å²) < 4.78 is 35.9. The number of esters is 1. The number of hydrogen-bond acceptors (Lipinski definition) is 15. The number of carbonyl (C=O) groups is 1. The topological polar surface area (TPSA) is 263 Å². The lowest BCUT2D eigenvalue weighted by Crippen LogP contribution is -2.64. The number of aliphatic hydroxyl groups is 6. The monoisotopic (exact) mass is 779 g/mol. The van der Waals surface area contributed by atoms with Gasteiger partial charge in [0.25, 0.3) is 0 Å². The molecular weight excluding hydrogens is 712 g/mol. The standard InChI is InChI=1S/C36H67N4O14/c1-13-23-36(10,47)29(43)20(5)40(11,48)16-17(2)14-34(8,46)31(54-33-27(42)25(38-39-37)26(41)21(6)51-33)18(3)28(19(4)32(45)52-23)53-24-15-35(9,49-12)30(44)22(7)50-24/h17-31,33,41-44,46-48H,13-16H2,1-12H3/q+1/t17-,18+,19-,20-,21-,22+,23-,24+,25+,26-,27-,28+,29-,30+,31-,33+,34-,35-,36-,40?/m1/s1. The number of aliphatic hydroxyl groups excluding tert-OH is 4. The van der Waals surface area contributed by atoms with E-state index in [0.29, 0.717) is 0 Å². The van der Waals surface area contributed by atoms with Crippen molar-refractivity contribution >= 4 is 5.97 Å². The van der Waals surface area contributed by atoms with E-state index in [4.69, 9.17) is 28.4 Å². The number of nitrogens with zero attached hydrogens (tertiary/aromatic N) is 4. The summed E-state index contributed by atoms with van der Waals surface area (Å²) in [5, 5.41) is 83.7. The van der Waals surface area contributed by atoms with Crippen LogP contribution in [0.2, 0.25) is 0 Å². The van der Waals surface area contributed by atoms with Crippen LogP contribution in [0.4, 0.5) is 0 Å². The Hall–Kier alpha value is -1.74. The van der Waals surface area contributed by atoms with Gasteiger partial charge in [0.05, 0.1) is 60.7 Å². The first-order valence-corrected chi connectivity index (χ1v) is 19.0. The quantitative estimate of drug-likeness (QED) is 0.0636. The van der Waals surface area contributed by atoms with Gasteiger partial charge >= 0.3 is 5.97 Å². The summed E-state index contributed by atoms with van der Waals surface area (Å²) >= 11 is 0. The second kappa shape index (κ2) is 17.8. The van der Waals surface area contributed by atoms with Crippen LogP contribution in [0.1, 0.15) is 88.5 Å². The largest absolute Gasteiger partial charge is 0.459 e. The molecule has 3 rings (SSSR count). The van der Waals surface area contributed by atoms with E-state index >= 15 is 0 Å². The molecular formula is C36H67N4O14+. The summed E-state index contributed by atoms with van der Waals surface area (Å²) in [5.41, 5.74) is 4.25. The highest BCUT2D eigenvalue weighted by molar-refractivity contribution is 5.73. The van der Waals surface area contributed by atoms with Crippen LogP contribution in [0, 0.1) is 17.8 Å². The molecule has 0 aliphatic carbocycles. The van der Waals surface area contributed by atoms with E-state index in [1.54, 1.807) is 41.5 Å². The van der Waals surface area contributed by atoms with Crippen molar-refractivity contribution in [2.75, 3.05) is 20.7 Å². The zero-order valence-corrected chi connectivity index (χ0v) is 33.8. The lowest BCUT2D eigenvalue weighted by atomic mass is 9.77. The SMILES string of the molecule is CC[C@H]1OC(=O)[C@H](C)[C@@H](O[C@H]2C[C@@](C)(OC)[C@@H](O)[C@H](C)O2)[C@H](C)[C@@H](O[C@@H]2O[C@H](C)[C@@H](O)[C@H](N=[N+]=[N-])[C@H]2O)[C@](C)(O)C[C@@H](C)C[N+](C)(O)[C@H](C)[C@@H](O)[C@]1(C)O. The summed E-state index contributed by atoms with van der Waals surface area (Å²) in [6, 6.07) is -2.35. The zero-order chi connectivity index (χ0) is 41.3. The zero-order valence-electron chi connectivity index (χ0n) is 33.8. The first-order chi connectivity index (χ1) is 24.8. The van der Waals surface area contributed by atoms with E-state index in [1.807, 2.05) is 0 Å². The molecule has 1 unspecified atom stereocenters. The molecule has 0 amide bonds. The Labute approximate surface area is 318 Å². The summed E-state index contributed by atoms with van der Waals surface area (Å²) in [5.74, 6) is -3.42. The average molecular weight is 780 g/mol. The summed E-state index contributed by atoms with van der Waals surface area (Å²) in [7, 11) is 2.92. The average Bonchev–Trinajstić information content (AvgIpc) is 3.08. The normalized spacial score (nSPS) is 51.6. The molecule has 0 aromatic rings. The molecule has 18 nitrogen and oxygen atoms in total. The fourth-order valence-corrected chi connectivity index (χ4v) is 8.61. The number of likely N-dealkylation sites (N-methyl/N-ethyl adjacent to an activating group) is 1. The van der Waals surface area contributed by atoms with Gasteiger partial charge in [-0.05, 0) is 66.8 Å². The third-order valence-electron chi connectivity index (χ3n) is 12.2. The van der Waals surface area contributed by atoms with E-state index in [2.05, 4.69) is 10.0 Å². The number of hydrogen-bond donors (Lipinski definition) is 7. The van der Waals surface area contributed by atoms with Gasteiger partial charge in [-0.1, -0.05) is 25.9 Å². The third kappa shape index (κ3) is 9.85. The van der Waals surface area contributed by atoms with Crippen LogP contribution < -0.4 is 0 Å². The molecule has 0 saturated carbocycles. The molecule has 3 saturated heterocycles. The van der Waals surface area contributed by atoms with Crippen molar-refractivity contribution in [1.29, 1.82) is 0 Å². The van der Waals surface area contributed by atoms with Crippen LogP contribution in [0.15, 0.2) is 5.11 Å². The van der Waals surface area contributed by atoms with E-state index in [1.165, 1.54) is 41.9 Å². The lowest BCUT2D eigenvalue weighted by molar-refractivity contribution is -1.11. The summed E-state index contributed by atoms with van der Waals surface area (Å²) in [6.45, 7) is 15.9. The van der Waals surface area contributed by atoms with Gasteiger partial charge < -0.3 is 59.1 Å². The van der Waals surface area contributed by atoms with E-state index < -0.39 is 125 Å².